The fourth-order valence-electron chi connectivity index (χ4n) is 2.38. The molecule has 0 radical (unpaired) electrons. The number of rotatable bonds is 8. The SMILES string of the molecule is CCN(CCOC)C(C)(CN)Cc1ccccc1F. The van der Waals surface area contributed by atoms with Crippen LogP contribution in [0.15, 0.2) is 24.3 Å². The lowest BCUT2D eigenvalue weighted by molar-refractivity contribution is 0.0749. The fraction of sp³-hybridized carbons (Fsp3) is 0.600. The van der Waals surface area contributed by atoms with Crippen molar-refractivity contribution in [2.24, 2.45) is 5.73 Å². The molecule has 0 aliphatic heterocycles. The first kappa shape index (κ1) is 16.1. The quantitative estimate of drug-likeness (QED) is 0.784. The Morgan fingerprint density at radius 1 is 1.37 bits per heavy atom. The van der Waals surface area contributed by atoms with E-state index in [-0.39, 0.29) is 11.4 Å². The second kappa shape index (κ2) is 7.58. The van der Waals surface area contributed by atoms with E-state index in [0.717, 1.165) is 13.1 Å². The molecular weight excluding hydrogens is 243 g/mol. The zero-order chi connectivity index (χ0) is 14.3. The van der Waals surface area contributed by atoms with Crippen LogP contribution in [-0.4, -0.2) is 43.8 Å². The molecule has 0 heterocycles. The van der Waals surface area contributed by atoms with Crippen molar-refractivity contribution >= 4 is 0 Å². The highest BCUT2D eigenvalue weighted by Crippen LogP contribution is 2.21. The molecule has 2 N–H and O–H groups in total. The first-order valence-electron chi connectivity index (χ1n) is 6.75. The standard InChI is InChI=1S/C15H25FN2O/c1-4-18(9-10-19-3)15(2,12-17)11-13-7-5-6-8-14(13)16/h5-8H,4,9-12,17H2,1-3H3. The first-order chi connectivity index (χ1) is 9.07. The summed E-state index contributed by atoms with van der Waals surface area (Å²) in [5.74, 6) is -0.162. The molecule has 1 unspecified atom stereocenters. The largest absolute Gasteiger partial charge is 0.383 e. The predicted octanol–water partition coefficient (Wildman–Crippen LogP) is 2.05. The number of benzene rings is 1. The van der Waals surface area contributed by atoms with Crippen molar-refractivity contribution in [2.75, 3.05) is 33.4 Å². The summed E-state index contributed by atoms with van der Waals surface area (Å²) >= 11 is 0. The summed E-state index contributed by atoms with van der Waals surface area (Å²) in [6, 6.07) is 6.90. The molecule has 0 aliphatic rings. The van der Waals surface area contributed by atoms with Gasteiger partial charge in [0.2, 0.25) is 0 Å². The molecule has 0 aliphatic carbocycles. The smallest absolute Gasteiger partial charge is 0.126 e. The Bertz CT molecular complexity index is 386. The summed E-state index contributed by atoms with van der Waals surface area (Å²) in [5.41, 5.74) is 6.41. The molecule has 19 heavy (non-hydrogen) atoms. The number of methoxy groups -OCH3 is 1. The van der Waals surface area contributed by atoms with Crippen LogP contribution in [0.2, 0.25) is 0 Å². The lowest BCUT2D eigenvalue weighted by Crippen LogP contribution is -2.54. The van der Waals surface area contributed by atoms with Gasteiger partial charge in [-0.05, 0) is 31.5 Å². The molecule has 3 nitrogen and oxygen atoms in total. The summed E-state index contributed by atoms with van der Waals surface area (Å²) in [6.07, 6.45) is 0.605. The molecule has 0 saturated heterocycles. The molecule has 1 rings (SSSR count). The highest BCUT2D eigenvalue weighted by molar-refractivity contribution is 5.20. The van der Waals surface area contributed by atoms with Crippen molar-refractivity contribution in [1.29, 1.82) is 0 Å². The maximum absolute atomic E-state index is 13.8. The topological polar surface area (TPSA) is 38.5 Å². The maximum atomic E-state index is 13.8. The van der Waals surface area contributed by atoms with Gasteiger partial charge in [-0.2, -0.15) is 0 Å². The van der Waals surface area contributed by atoms with Crippen LogP contribution >= 0.6 is 0 Å². The number of hydrogen-bond acceptors (Lipinski definition) is 3. The Morgan fingerprint density at radius 3 is 2.58 bits per heavy atom. The van der Waals surface area contributed by atoms with E-state index in [1.54, 1.807) is 13.2 Å². The molecule has 108 valence electrons. The first-order valence-corrected chi connectivity index (χ1v) is 6.75. The third kappa shape index (κ3) is 4.27. The molecule has 1 atom stereocenters. The molecule has 1 aromatic rings. The van der Waals surface area contributed by atoms with E-state index in [9.17, 15) is 4.39 Å². The number of hydrogen-bond donors (Lipinski definition) is 1. The lowest BCUT2D eigenvalue weighted by Gasteiger charge is -2.40. The van der Waals surface area contributed by atoms with Gasteiger partial charge in [-0.25, -0.2) is 4.39 Å². The third-order valence-corrected chi connectivity index (χ3v) is 3.68. The molecular formula is C15H25FN2O. The maximum Gasteiger partial charge on any atom is 0.126 e. The van der Waals surface area contributed by atoms with E-state index in [2.05, 4.69) is 18.7 Å². The van der Waals surface area contributed by atoms with Crippen molar-refractivity contribution in [1.82, 2.24) is 4.90 Å². The fourth-order valence-corrected chi connectivity index (χ4v) is 2.38. The number of ether oxygens (including phenoxy) is 1. The van der Waals surface area contributed by atoms with Crippen molar-refractivity contribution in [3.8, 4) is 0 Å². The minimum absolute atomic E-state index is 0.162. The minimum Gasteiger partial charge on any atom is -0.383 e. The Balaban J connectivity index is 2.86. The van der Waals surface area contributed by atoms with E-state index in [0.29, 0.717) is 25.1 Å². The van der Waals surface area contributed by atoms with Gasteiger partial charge in [-0.3, -0.25) is 4.90 Å². The number of likely N-dealkylation sites (N-methyl/N-ethyl adjacent to an activating group) is 1. The van der Waals surface area contributed by atoms with Gasteiger partial charge < -0.3 is 10.5 Å². The Kier molecular flexibility index (Phi) is 6.42. The van der Waals surface area contributed by atoms with Crippen molar-refractivity contribution in [3.05, 3.63) is 35.6 Å². The molecule has 4 heteroatoms. The van der Waals surface area contributed by atoms with Crippen LogP contribution in [0.1, 0.15) is 19.4 Å². The second-order valence-electron chi connectivity index (χ2n) is 5.04. The molecule has 0 saturated carbocycles. The van der Waals surface area contributed by atoms with Crippen molar-refractivity contribution < 1.29 is 9.13 Å². The molecule has 0 aromatic heterocycles. The zero-order valence-electron chi connectivity index (χ0n) is 12.2. The lowest BCUT2D eigenvalue weighted by atomic mass is 9.90. The summed E-state index contributed by atoms with van der Waals surface area (Å²) in [6.45, 7) is 6.98. The van der Waals surface area contributed by atoms with Crippen LogP contribution in [0, 0.1) is 5.82 Å². The van der Waals surface area contributed by atoms with Crippen LogP contribution < -0.4 is 5.73 Å². The number of nitrogens with two attached hydrogens (primary N) is 1. The second-order valence-corrected chi connectivity index (χ2v) is 5.04. The van der Waals surface area contributed by atoms with Crippen LogP contribution in [0.3, 0.4) is 0 Å². The molecule has 0 spiro atoms. The van der Waals surface area contributed by atoms with E-state index in [1.807, 2.05) is 12.1 Å². The molecule has 0 amide bonds. The van der Waals surface area contributed by atoms with E-state index >= 15 is 0 Å². The summed E-state index contributed by atoms with van der Waals surface area (Å²) in [5, 5.41) is 0. The predicted molar refractivity (Wildman–Crippen MR) is 76.7 cm³/mol. The van der Waals surface area contributed by atoms with Gasteiger partial charge in [0.15, 0.2) is 0 Å². The number of halogens is 1. The monoisotopic (exact) mass is 268 g/mol. The van der Waals surface area contributed by atoms with E-state index < -0.39 is 0 Å². The van der Waals surface area contributed by atoms with Gasteiger partial charge in [0, 0.05) is 25.7 Å². The average molecular weight is 268 g/mol. The molecule has 0 fully saturated rings. The van der Waals surface area contributed by atoms with Gasteiger partial charge in [0.05, 0.1) is 6.61 Å². The minimum atomic E-state index is -0.254. The average Bonchev–Trinajstić information content (AvgIpc) is 2.42. The summed E-state index contributed by atoms with van der Waals surface area (Å²) in [7, 11) is 1.69. The van der Waals surface area contributed by atoms with Gasteiger partial charge >= 0.3 is 0 Å². The number of nitrogens with zero attached hydrogens (tertiary/aromatic N) is 1. The summed E-state index contributed by atoms with van der Waals surface area (Å²) < 4.78 is 18.9. The summed E-state index contributed by atoms with van der Waals surface area (Å²) in [4.78, 5) is 2.25. The van der Waals surface area contributed by atoms with E-state index in [4.69, 9.17) is 10.5 Å². The Labute approximate surface area is 115 Å². The van der Waals surface area contributed by atoms with Gasteiger partial charge in [-0.1, -0.05) is 25.1 Å². The van der Waals surface area contributed by atoms with Crippen LogP contribution in [0.4, 0.5) is 4.39 Å². The normalized spacial score (nSPS) is 14.6. The van der Waals surface area contributed by atoms with Crippen LogP contribution in [-0.2, 0) is 11.2 Å². The van der Waals surface area contributed by atoms with Crippen molar-refractivity contribution in [3.63, 3.8) is 0 Å². The van der Waals surface area contributed by atoms with Crippen molar-refractivity contribution in [2.45, 2.75) is 25.8 Å². The third-order valence-electron chi connectivity index (χ3n) is 3.68. The van der Waals surface area contributed by atoms with Crippen LogP contribution in [0.5, 0.6) is 0 Å². The molecule has 1 aromatic carbocycles. The highest BCUT2D eigenvalue weighted by atomic mass is 19.1. The van der Waals surface area contributed by atoms with Gasteiger partial charge in [0.1, 0.15) is 5.82 Å². The zero-order valence-corrected chi connectivity index (χ0v) is 12.2. The van der Waals surface area contributed by atoms with E-state index in [1.165, 1.54) is 6.07 Å². The van der Waals surface area contributed by atoms with Crippen LogP contribution in [0.25, 0.3) is 0 Å². The highest BCUT2D eigenvalue weighted by Gasteiger charge is 2.30. The van der Waals surface area contributed by atoms with Gasteiger partial charge in [0.25, 0.3) is 0 Å². The Morgan fingerprint density at radius 2 is 2.05 bits per heavy atom. The molecule has 0 bridgehead atoms. The Hall–Kier alpha value is -0.970. The van der Waals surface area contributed by atoms with Gasteiger partial charge in [-0.15, -0.1) is 0 Å².